The van der Waals surface area contributed by atoms with Gasteiger partial charge < -0.3 is 14.5 Å². The average molecular weight is 205 g/mol. The van der Waals surface area contributed by atoms with Gasteiger partial charge in [0, 0.05) is 13.3 Å². The van der Waals surface area contributed by atoms with E-state index in [0.29, 0.717) is 11.1 Å². The van der Waals surface area contributed by atoms with Crippen LogP contribution in [-0.4, -0.2) is 18.9 Å². The van der Waals surface area contributed by atoms with E-state index in [1.165, 1.54) is 7.11 Å². The lowest BCUT2D eigenvalue weighted by Gasteiger charge is -2.06. The van der Waals surface area contributed by atoms with Gasteiger partial charge in [-0.25, -0.2) is 0 Å². The first kappa shape index (κ1) is 9.73. The van der Waals surface area contributed by atoms with Crippen LogP contribution < -0.4 is 10.3 Å². The van der Waals surface area contributed by atoms with Crippen LogP contribution in [0.2, 0.25) is 0 Å². The van der Waals surface area contributed by atoms with Crippen LogP contribution in [0, 0.1) is 0 Å². The van der Waals surface area contributed by atoms with Crippen molar-refractivity contribution >= 4 is 10.8 Å². The van der Waals surface area contributed by atoms with E-state index >= 15 is 0 Å². The standard InChI is InChI=1S/C11H11NO3/c1-14-7-15-9-4-2-3-8-5-6-12-11(13)10(8)9/h2-6H,7H2,1H3,(H,12,13). The number of hydrogen-bond acceptors (Lipinski definition) is 3. The van der Waals surface area contributed by atoms with E-state index < -0.39 is 0 Å². The zero-order chi connectivity index (χ0) is 10.7. The fraction of sp³-hybridized carbons (Fsp3) is 0.182. The van der Waals surface area contributed by atoms with Crippen LogP contribution in [0.3, 0.4) is 0 Å². The number of aromatic amines is 1. The van der Waals surface area contributed by atoms with Gasteiger partial charge in [-0.1, -0.05) is 12.1 Å². The third-order valence-electron chi connectivity index (χ3n) is 2.10. The highest BCUT2D eigenvalue weighted by atomic mass is 16.7. The van der Waals surface area contributed by atoms with Crippen molar-refractivity contribution in [3.8, 4) is 5.75 Å². The summed E-state index contributed by atoms with van der Waals surface area (Å²) in [5, 5.41) is 1.41. The molecule has 2 aromatic rings. The molecule has 1 heterocycles. The van der Waals surface area contributed by atoms with Crippen molar-refractivity contribution in [1.29, 1.82) is 0 Å². The van der Waals surface area contributed by atoms with Crippen molar-refractivity contribution in [3.63, 3.8) is 0 Å². The van der Waals surface area contributed by atoms with Gasteiger partial charge in [0.15, 0.2) is 6.79 Å². The summed E-state index contributed by atoms with van der Waals surface area (Å²) in [6.45, 7) is 0.132. The molecule has 78 valence electrons. The van der Waals surface area contributed by atoms with Gasteiger partial charge in [-0.2, -0.15) is 0 Å². The molecule has 15 heavy (non-hydrogen) atoms. The van der Waals surface area contributed by atoms with Crippen molar-refractivity contribution in [3.05, 3.63) is 40.8 Å². The number of rotatable bonds is 3. The number of aromatic nitrogens is 1. The van der Waals surface area contributed by atoms with Crippen LogP contribution in [0.25, 0.3) is 10.8 Å². The van der Waals surface area contributed by atoms with Crippen LogP contribution in [0.15, 0.2) is 35.3 Å². The molecule has 4 heteroatoms. The first-order valence-corrected chi connectivity index (χ1v) is 4.55. The lowest BCUT2D eigenvalue weighted by molar-refractivity contribution is 0.0522. The highest BCUT2D eigenvalue weighted by Crippen LogP contribution is 2.21. The second-order valence-electron chi connectivity index (χ2n) is 3.08. The molecule has 0 aliphatic rings. The third-order valence-corrected chi connectivity index (χ3v) is 2.10. The number of fused-ring (bicyclic) bond motifs is 1. The predicted octanol–water partition coefficient (Wildman–Crippen LogP) is 1.51. The molecule has 0 fully saturated rings. The van der Waals surface area contributed by atoms with E-state index in [4.69, 9.17) is 9.47 Å². The summed E-state index contributed by atoms with van der Waals surface area (Å²) < 4.78 is 10.1. The van der Waals surface area contributed by atoms with Gasteiger partial charge in [0.25, 0.3) is 5.56 Å². The predicted molar refractivity (Wildman–Crippen MR) is 57.1 cm³/mol. The normalized spacial score (nSPS) is 10.5. The lowest BCUT2D eigenvalue weighted by Crippen LogP contribution is -2.08. The van der Waals surface area contributed by atoms with Gasteiger partial charge in [0.1, 0.15) is 5.75 Å². The summed E-state index contributed by atoms with van der Waals surface area (Å²) in [4.78, 5) is 14.2. The minimum atomic E-state index is -0.154. The summed E-state index contributed by atoms with van der Waals surface area (Å²) in [7, 11) is 1.54. The molecule has 1 N–H and O–H groups in total. The van der Waals surface area contributed by atoms with Crippen molar-refractivity contribution in [2.75, 3.05) is 13.9 Å². The Morgan fingerprint density at radius 3 is 3.00 bits per heavy atom. The molecule has 1 aromatic heterocycles. The molecule has 0 saturated carbocycles. The zero-order valence-electron chi connectivity index (χ0n) is 8.32. The van der Waals surface area contributed by atoms with E-state index in [1.54, 1.807) is 12.3 Å². The van der Waals surface area contributed by atoms with E-state index in [-0.39, 0.29) is 12.4 Å². The summed E-state index contributed by atoms with van der Waals surface area (Å²) in [5.74, 6) is 0.538. The number of nitrogens with one attached hydrogen (secondary N) is 1. The molecule has 4 nitrogen and oxygen atoms in total. The number of ether oxygens (including phenoxy) is 2. The van der Waals surface area contributed by atoms with E-state index in [9.17, 15) is 4.79 Å². The molecule has 1 aromatic carbocycles. The minimum Gasteiger partial charge on any atom is -0.467 e. The Kier molecular flexibility index (Phi) is 2.69. The third kappa shape index (κ3) is 1.85. The summed E-state index contributed by atoms with van der Waals surface area (Å²) in [5.41, 5.74) is -0.154. The van der Waals surface area contributed by atoms with Crippen molar-refractivity contribution < 1.29 is 9.47 Å². The van der Waals surface area contributed by atoms with Crippen LogP contribution in [0.4, 0.5) is 0 Å². The Balaban J connectivity index is 2.59. The Labute approximate surface area is 86.5 Å². The number of methoxy groups -OCH3 is 1. The SMILES string of the molecule is COCOc1cccc2cc[nH]c(=O)c12. The molecular formula is C11H11NO3. The molecule has 0 amide bonds. The van der Waals surface area contributed by atoms with Crippen LogP contribution >= 0.6 is 0 Å². The average Bonchev–Trinajstić information content (AvgIpc) is 2.26. The molecule has 0 bridgehead atoms. The van der Waals surface area contributed by atoms with Gasteiger partial charge >= 0.3 is 0 Å². The molecule has 0 spiro atoms. The maximum absolute atomic E-state index is 11.6. The highest BCUT2D eigenvalue weighted by molar-refractivity contribution is 5.87. The first-order valence-electron chi connectivity index (χ1n) is 4.55. The molecule has 0 atom stereocenters. The topological polar surface area (TPSA) is 51.3 Å². The summed E-state index contributed by atoms with van der Waals surface area (Å²) in [6, 6.07) is 7.28. The molecule has 0 unspecified atom stereocenters. The van der Waals surface area contributed by atoms with Gasteiger partial charge in [-0.15, -0.1) is 0 Å². The van der Waals surface area contributed by atoms with E-state index in [0.717, 1.165) is 5.39 Å². The Morgan fingerprint density at radius 1 is 1.33 bits per heavy atom. The number of pyridine rings is 1. The Morgan fingerprint density at radius 2 is 2.20 bits per heavy atom. The van der Waals surface area contributed by atoms with Gasteiger partial charge in [-0.3, -0.25) is 4.79 Å². The molecule has 0 aliphatic heterocycles. The van der Waals surface area contributed by atoms with Gasteiger partial charge in [-0.05, 0) is 17.5 Å². The second-order valence-corrected chi connectivity index (χ2v) is 3.08. The Bertz CT molecular complexity index is 513. The smallest absolute Gasteiger partial charge is 0.259 e. The van der Waals surface area contributed by atoms with Crippen molar-refractivity contribution in [1.82, 2.24) is 4.98 Å². The summed E-state index contributed by atoms with van der Waals surface area (Å²) >= 11 is 0. The van der Waals surface area contributed by atoms with Crippen LogP contribution in [0.5, 0.6) is 5.75 Å². The van der Waals surface area contributed by atoms with E-state index in [1.807, 2.05) is 18.2 Å². The largest absolute Gasteiger partial charge is 0.467 e. The molecular weight excluding hydrogens is 194 g/mol. The van der Waals surface area contributed by atoms with Crippen molar-refractivity contribution in [2.45, 2.75) is 0 Å². The molecule has 0 saturated heterocycles. The number of hydrogen-bond donors (Lipinski definition) is 1. The van der Waals surface area contributed by atoms with Crippen LogP contribution in [0.1, 0.15) is 0 Å². The number of benzene rings is 1. The number of H-pyrrole nitrogens is 1. The maximum Gasteiger partial charge on any atom is 0.259 e. The fourth-order valence-corrected chi connectivity index (χ4v) is 1.45. The fourth-order valence-electron chi connectivity index (χ4n) is 1.45. The van der Waals surface area contributed by atoms with Crippen LogP contribution in [-0.2, 0) is 4.74 Å². The minimum absolute atomic E-state index is 0.132. The highest BCUT2D eigenvalue weighted by Gasteiger charge is 2.04. The zero-order valence-corrected chi connectivity index (χ0v) is 8.32. The van der Waals surface area contributed by atoms with E-state index in [2.05, 4.69) is 4.98 Å². The van der Waals surface area contributed by atoms with Gasteiger partial charge in [0.2, 0.25) is 0 Å². The quantitative estimate of drug-likeness (QED) is 0.773. The molecule has 2 rings (SSSR count). The molecule has 0 aliphatic carbocycles. The molecule has 0 radical (unpaired) electrons. The summed E-state index contributed by atoms with van der Waals surface area (Å²) in [6.07, 6.45) is 1.62. The van der Waals surface area contributed by atoms with Gasteiger partial charge in [0.05, 0.1) is 5.39 Å². The lowest BCUT2D eigenvalue weighted by atomic mass is 10.1. The first-order chi connectivity index (χ1) is 7.33. The maximum atomic E-state index is 11.6. The monoisotopic (exact) mass is 205 g/mol. The Hall–Kier alpha value is -1.81. The second kappa shape index (κ2) is 4.14. The van der Waals surface area contributed by atoms with Crippen molar-refractivity contribution in [2.24, 2.45) is 0 Å².